The Bertz CT molecular complexity index is 1430. The van der Waals surface area contributed by atoms with Gasteiger partial charge in [0.1, 0.15) is 11.5 Å². The van der Waals surface area contributed by atoms with Gasteiger partial charge in [0.25, 0.3) is 0 Å². The Morgan fingerprint density at radius 2 is 1.38 bits per heavy atom. The lowest BCUT2D eigenvalue weighted by atomic mass is 10.2. The third kappa shape index (κ3) is 4.32. The van der Waals surface area contributed by atoms with Crippen LogP contribution >= 0.6 is 11.8 Å². The number of nitrogens with zero attached hydrogens (tertiary/aromatic N) is 5. The summed E-state index contributed by atoms with van der Waals surface area (Å²) in [6, 6.07) is 23.6. The van der Waals surface area contributed by atoms with Crippen LogP contribution < -0.4 is 9.47 Å². The number of aryl methyl sites for hydroxylation is 1. The molecule has 170 valence electrons. The van der Waals surface area contributed by atoms with Crippen LogP contribution in [-0.2, 0) is 5.75 Å². The highest BCUT2D eigenvalue weighted by atomic mass is 32.2. The third-order valence-electron chi connectivity index (χ3n) is 5.49. The van der Waals surface area contributed by atoms with E-state index in [4.69, 9.17) is 19.4 Å². The molecule has 0 radical (unpaired) electrons. The molecular formula is C26H23N5O2S. The molecular weight excluding hydrogens is 446 g/mol. The van der Waals surface area contributed by atoms with Crippen LogP contribution in [0.15, 0.2) is 78.0 Å². The second-order valence-electron chi connectivity index (χ2n) is 7.60. The van der Waals surface area contributed by atoms with Crippen molar-refractivity contribution in [2.24, 2.45) is 0 Å². The van der Waals surface area contributed by atoms with E-state index in [0.717, 1.165) is 56.2 Å². The first-order chi connectivity index (χ1) is 16.7. The molecule has 0 saturated heterocycles. The van der Waals surface area contributed by atoms with Gasteiger partial charge in [0, 0.05) is 17.0 Å². The fourth-order valence-electron chi connectivity index (χ4n) is 3.65. The first-order valence-electron chi connectivity index (χ1n) is 10.8. The number of rotatable bonds is 7. The van der Waals surface area contributed by atoms with Crippen LogP contribution in [0, 0.1) is 6.92 Å². The zero-order valence-electron chi connectivity index (χ0n) is 19.1. The highest BCUT2D eigenvalue weighted by molar-refractivity contribution is 7.98. The highest BCUT2D eigenvalue weighted by Crippen LogP contribution is 2.31. The Labute approximate surface area is 201 Å². The maximum absolute atomic E-state index is 5.34. The van der Waals surface area contributed by atoms with Crippen molar-refractivity contribution in [1.29, 1.82) is 0 Å². The molecule has 7 nitrogen and oxygen atoms in total. The summed E-state index contributed by atoms with van der Waals surface area (Å²) in [7, 11) is 3.31. The molecule has 0 bridgehead atoms. The second kappa shape index (κ2) is 9.52. The van der Waals surface area contributed by atoms with Gasteiger partial charge in [-0.15, -0.1) is 10.2 Å². The van der Waals surface area contributed by atoms with E-state index in [1.54, 1.807) is 26.0 Å². The largest absolute Gasteiger partial charge is 0.497 e. The zero-order chi connectivity index (χ0) is 23.5. The molecule has 0 atom stereocenters. The van der Waals surface area contributed by atoms with Crippen molar-refractivity contribution in [2.75, 3.05) is 14.2 Å². The Morgan fingerprint density at radius 3 is 2.03 bits per heavy atom. The molecule has 0 N–H and O–H groups in total. The minimum Gasteiger partial charge on any atom is -0.497 e. The number of thioether (sulfide) groups is 1. The molecule has 2 aromatic heterocycles. The van der Waals surface area contributed by atoms with E-state index in [9.17, 15) is 0 Å². The normalized spacial score (nSPS) is 11.0. The Balaban J connectivity index is 1.52. The summed E-state index contributed by atoms with van der Waals surface area (Å²) < 4.78 is 12.7. The van der Waals surface area contributed by atoms with Crippen LogP contribution in [0.25, 0.3) is 28.1 Å². The topological polar surface area (TPSA) is 75.0 Å². The Morgan fingerprint density at radius 1 is 0.765 bits per heavy atom. The molecule has 0 fully saturated rings. The van der Waals surface area contributed by atoms with Crippen molar-refractivity contribution in [2.45, 2.75) is 17.8 Å². The van der Waals surface area contributed by atoms with Crippen molar-refractivity contribution in [3.8, 4) is 28.6 Å². The summed E-state index contributed by atoms with van der Waals surface area (Å²) in [5.41, 5.74) is 5.52. The van der Waals surface area contributed by atoms with Gasteiger partial charge in [0.2, 0.25) is 0 Å². The van der Waals surface area contributed by atoms with Gasteiger partial charge in [-0.2, -0.15) is 0 Å². The number of fused-ring (bicyclic) bond motifs is 1. The van der Waals surface area contributed by atoms with E-state index in [0.29, 0.717) is 5.75 Å². The maximum Gasteiger partial charge on any atom is 0.196 e. The molecule has 0 aliphatic heterocycles. The highest BCUT2D eigenvalue weighted by Gasteiger charge is 2.17. The molecule has 8 heteroatoms. The SMILES string of the molecule is COc1ccc(-c2nnc(SCc3nc4ccccc4nc3C)n2-c2ccc(OC)cc2)cc1. The van der Waals surface area contributed by atoms with E-state index < -0.39 is 0 Å². The molecule has 0 saturated carbocycles. The van der Waals surface area contributed by atoms with E-state index in [-0.39, 0.29) is 0 Å². The molecule has 34 heavy (non-hydrogen) atoms. The third-order valence-corrected chi connectivity index (χ3v) is 6.43. The molecule has 5 rings (SSSR count). The van der Waals surface area contributed by atoms with E-state index >= 15 is 0 Å². The summed E-state index contributed by atoms with van der Waals surface area (Å²) in [4.78, 5) is 9.54. The average molecular weight is 470 g/mol. The number of benzene rings is 3. The number of para-hydroxylation sites is 2. The van der Waals surface area contributed by atoms with Gasteiger partial charge < -0.3 is 9.47 Å². The first-order valence-corrected chi connectivity index (χ1v) is 11.7. The van der Waals surface area contributed by atoms with Gasteiger partial charge in [-0.1, -0.05) is 23.9 Å². The summed E-state index contributed by atoms with van der Waals surface area (Å²) in [6.07, 6.45) is 0. The fourth-order valence-corrected chi connectivity index (χ4v) is 4.61. The smallest absolute Gasteiger partial charge is 0.196 e. The van der Waals surface area contributed by atoms with Crippen LogP contribution in [-0.4, -0.2) is 39.0 Å². The van der Waals surface area contributed by atoms with Gasteiger partial charge in [0.05, 0.1) is 36.6 Å². The molecule has 5 aromatic rings. The van der Waals surface area contributed by atoms with E-state index in [2.05, 4.69) is 14.8 Å². The molecule has 0 unspecified atom stereocenters. The Hall–Kier alpha value is -3.91. The minimum absolute atomic E-state index is 0.626. The summed E-state index contributed by atoms with van der Waals surface area (Å²) in [5, 5.41) is 9.82. The van der Waals surface area contributed by atoms with Gasteiger partial charge >= 0.3 is 0 Å². The average Bonchev–Trinajstić information content (AvgIpc) is 3.31. The van der Waals surface area contributed by atoms with Crippen molar-refractivity contribution < 1.29 is 9.47 Å². The lowest BCUT2D eigenvalue weighted by Gasteiger charge is -2.12. The minimum atomic E-state index is 0.626. The second-order valence-corrected chi connectivity index (χ2v) is 8.54. The maximum atomic E-state index is 5.34. The number of ether oxygens (including phenoxy) is 2. The predicted molar refractivity (Wildman–Crippen MR) is 134 cm³/mol. The van der Waals surface area contributed by atoms with E-state index in [1.807, 2.05) is 79.7 Å². The van der Waals surface area contributed by atoms with Gasteiger partial charge in [-0.05, 0) is 67.6 Å². The lowest BCUT2D eigenvalue weighted by molar-refractivity contribution is 0.414. The molecule has 3 aromatic carbocycles. The lowest BCUT2D eigenvalue weighted by Crippen LogP contribution is -2.01. The standard InChI is InChI=1S/C26H23N5O2S/c1-17-24(28-23-7-5-4-6-22(23)27-17)16-34-26-30-29-25(18-8-12-20(32-2)13-9-18)31(26)19-10-14-21(33-3)15-11-19/h4-15H,16H2,1-3H3. The number of aromatic nitrogens is 5. The summed E-state index contributed by atoms with van der Waals surface area (Å²) in [6.45, 7) is 1.99. The molecule has 0 amide bonds. The van der Waals surface area contributed by atoms with Gasteiger partial charge in [-0.25, -0.2) is 9.97 Å². The molecule has 0 aliphatic rings. The van der Waals surface area contributed by atoms with Crippen molar-refractivity contribution in [3.05, 3.63) is 84.2 Å². The van der Waals surface area contributed by atoms with Crippen molar-refractivity contribution in [1.82, 2.24) is 24.7 Å². The number of methoxy groups -OCH3 is 2. The molecule has 0 aliphatic carbocycles. The molecule has 2 heterocycles. The van der Waals surface area contributed by atoms with Crippen LogP contribution in [0.4, 0.5) is 0 Å². The monoisotopic (exact) mass is 469 g/mol. The number of hydrogen-bond acceptors (Lipinski definition) is 7. The number of hydrogen-bond donors (Lipinski definition) is 0. The van der Waals surface area contributed by atoms with E-state index in [1.165, 1.54) is 0 Å². The zero-order valence-corrected chi connectivity index (χ0v) is 19.9. The summed E-state index contributed by atoms with van der Waals surface area (Å²) >= 11 is 1.58. The molecule has 0 spiro atoms. The summed E-state index contributed by atoms with van der Waals surface area (Å²) in [5.74, 6) is 2.95. The van der Waals surface area contributed by atoms with Crippen LogP contribution in [0.1, 0.15) is 11.4 Å². The Kier molecular flexibility index (Phi) is 6.14. The van der Waals surface area contributed by atoms with Crippen LogP contribution in [0.5, 0.6) is 11.5 Å². The van der Waals surface area contributed by atoms with Gasteiger partial charge in [-0.3, -0.25) is 4.57 Å². The van der Waals surface area contributed by atoms with Crippen LogP contribution in [0.3, 0.4) is 0 Å². The fraction of sp³-hybridized carbons (Fsp3) is 0.154. The van der Waals surface area contributed by atoms with Gasteiger partial charge in [0.15, 0.2) is 11.0 Å². The quantitative estimate of drug-likeness (QED) is 0.292. The van der Waals surface area contributed by atoms with Crippen molar-refractivity contribution >= 4 is 22.8 Å². The predicted octanol–water partition coefficient (Wildman–Crippen LogP) is 5.50. The first kappa shape index (κ1) is 21.9. The van der Waals surface area contributed by atoms with Crippen LogP contribution in [0.2, 0.25) is 0 Å². The van der Waals surface area contributed by atoms with Crippen molar-refractivity contribution in [3.63, 3.8) is 0 Å².